The highest BCUT2D eigenvalue weighted by atomic mass is 16.5. The van der Waals surface area contributed by atoms with Gasteiger partial charge in [0.05, 0.1) is 18.2 Å². The second-order valence-electron chi connectivity index (χ2n) is 6.47. The standard InChI is InChI=1S/C19H22N4O3/c1-13-6-8-23(9-7-13)17(24)15-11-20-19(21-12-15)22-16-5-3-4-14(10-16)18(25)26-2/h3-5,10-13H,6-9H2,1-2H3,(H,20,21,22). The lowest BCUT2D eigenvalue weighted by Gasteiger charge is -2.30. The van der Waals surface area contributed by atoms with E-state index in [1.165, 1.54) is 19.5 Å². The van der Waals surface area contributed by atoms with Crippen molar-refractivity contribution < 1.29 is 14.3 Å². The van der Waals surface area contributed by atoms with E-state index in [1.54, 1.807) is 24.3 Å². The van der Waals surface area contributed by atoms with Gasteiger partial charge in [0.1, 0.15) is 0 Å². The number of ether oxygens (including phenoxy) is 1. The van der Waals surface area contributed by atoms with Crippen molar-refractivity contribution >= 4 is 23.5 Å². The summed E-state index contributed by atoms with van der Waals surface area (Å²) in [6, 6.07) is 6.86. The predicted octanol–water partition coefficient (Wildman–Crippen LogP) is 2.88. The van der Waals surface area contributed by atoms with Gasteiger partial charge in [-0.3, -0.25) is 4.79 Å². The minimum absolute atomic E-state index is 0.0314. The first-order valence-corrected chi connectivity index (χ1v) is 8.63. The molecule has 0 unspecified atom stereocenters. The fourth-order valence-electron chi connectivity index (χ4n) is 2.87. The fraction of sp³-hybridized carbons (Fsp3) is 0.368. The molecule has 1 aliphatic heterocycles. The van der Waals surface area contributed by atoms with Crippen molar-refractivity contribution in [1.29, 1.82) is 0 Å². The molecule has 0 radical (unpaired) electrons. The molecule has 1 aliphatic rings. The number of carbonyl (C=O) groups excluding carboxylic acids is 2. The van der Waals surface area contributed by atoms with E-state index in [4.69, 9.17) is 4.74 Å². The first-order chi connectivity index (χ1) is 12.6. The van der Waals surface area contributed by atoms with E-state index in [1.807, 2.05) is 4.90 Å². The van der Waals surface area contributed by atoms with Gasteiger partial charge in [-0.25, -0.2) is 14.8 Å². The number of hydrogen-bond acceptors (Lipinski definition) is 6. The Labute approximate surface area is 152 Å². The van der Waals surface area contributed by atoms with Crippen LogP contribution in [0.25, 0.3) is 0 Å². The zero-order chi connectivity index (χ0) is 18.5. The number of likely N-dealkylation sites (tertiary alicyclic amines) is 1. The predicted molar refractivity (Wildman–Crippen MR) is 97.4 cm³/mol. The maximum atomic E-state index is 12.5. The van der Waals surface area contributed by atoms with Crippen LogP contribution >= 0.6 is 0 Å². The third-order valence-corrected chi connectivity index (χ3v) is 4.51. The topological polar surface area (TPSA) is 84.4 Å². The van der Waals surface area contributed by atoms with Crippen molar-refractivity contribution in [3.8, 4) is 0 Å². The maximum absolute atomic E-state index is 12.5. The van der Waals surface area contributed by atoms with Gasteiger partial charge < -0.3 is 15.0 Å². The van der Waals surface area contributed by atoms with Crippen LogP contribution < -0.4 is 5.32 Å². The molecule has 7 heteroatoms. The number of piperidine rings is 1. The lowest BCUT2D eigenvalue weighted by atomic mass is 9.99. The maximum Gasteiger partial charge on any atom is 0.337 e. The summed E-state index contributed by atoms with van der Waals surface area (Å²) in [6.45, 7) is 3.77. The first-order valence-electron chi connectivity index (χ1n) is 8.63. The fourth-order valence-corrected chi connectivity index (χ4v) is 2.87. The van der Waals surface area contributed by atoms with Crippen LogP contribution in [0.4, 0.5) is 11.6 Å². The van der Waals surface area contributed by atoms with Gasteiger partial charge in [-0.2, -0.15) is 0 Å². The zero-order valence-corrected chi connectivity index (χ0v) is 14.9. The molecule has 1 saturated heterocycles. The number of aromatic nitrogens is 2. The molecular weight excluding hydrogens is 332 g/mol. The van der Waals surface area contributed by atoms with Gasteiger partial charge in [0.25, 0.3) is 5.91 Å². The largest absolute Gasteiger partial charge is 0.465 e. The summed E-state index contributed by atoms with van der Waals surface area (Å²) in [7, 11) is 1.34. The quantitative estimate of drug-likeness (QED) is 0.850. The van der Waals surface area contributed by atoms with Crippen molar-refractivity contribution in [3.63, 3.8) is 0 Å². The Balaban J connectivity index is 1.66. The van der Waals surface area contributed by atoms with Gasteiger partial charge in [-0.15, -0.1) is 0 Å². The number of hydrogen-bond donors (Lipinski definition) is 1. The molecular formula is C19H22N4O3. The Morgan fingerprint density at radius 2 is 1.85 bits per heavy atom. The molecule has 1 aromatic heterocycles. The molecule has 7 nitrogen and oxygen atoms in total. The molecule has 3 rings (SSSR count). The molecule has 0 aliphatic carbocycles. The van der Waals surface area contributed by atoms with E-state index in [9.17, 15) is 9.59 Å². The number of amides is 1. The van der Waals surface area contributed by atoms with Crippen molar-refractivity contribution in [2.45, 2.75) is 19.8 Å². The van der Waals surface area contributed by atoms with Crippen molar-refractivity contribution in [3.05, 3.63) is 47.8 Å². The first kappa shape index (κ1) is 17.8. The van der Waals surface area contributed by atoms with E-state index in [0.29, 0.717) is 28.7 Å². The normalized spacial score (nSPS) is 14.8. The van der Waals surface area contributed by atoms with Crippen LogP contribution in [0.15, 0.2) is 36.7 Å². The summed E-state index contributed by atoms with van der Waals surface area (Å²) in [5, 5.41) is 3.02. The highest BCUT2D eigenvalue weighted by Crippen LogP contribution is 2.19. The molecule has 1 N–H and O–H groups in total. The van der Waals surface area contributed by atoms with Crippen LogP contribution in [0.2, 0.25) is 0 Å². The van der Waals surface area contributed by atoms with Crippen molar-refractivity contribution in [2.24, 2.45) is 5.92 Å². The molecule has 26 heavy (non-hydrogen) atoms. The second kappa shape index (κ2) is 7.95. The number of rotatable bonds is 4. The van der Waals surface area contributed by atoms with E-state index in [-0.39, 0.29) is 5.91 Å². The van der Waals surface area contributed by atoms with Gasteiger partial charge in [-0.1, -0.05) is 13.0 Å². The third-order valence-electron chi connectivity index (χ3n) is 4.51. The Bertz CT molecular complexity index is 784. The van der Waals surface area contributed by atoms with Crippen LogP contribution in [-0.2, 0) is 4.74 Å². The Hall–Kier alpha value is -2.96. The molecule has 0 spiro atoms. The summed E-state index contributed by atoms with van der Waals surface area (Å²) in [4.78, 5) is 34.4. The highest BCUT2D eigenvalue weighted by molar-refractivity contribution is 5.94. The number of anilines is 2. The van der Waals surface area contributed by atoms with E-state index >= 15 is 0 Å². The van der Waals surface area contributed by atoms with Crippen LogP contribution in [0.1, 0.15) is 40.5 Å². The minimum atomic E-state index is -0.411. The average molecular weight is 354 g/mol. The number of carbonyl (C=O) groups is 2. The zero-order valence-electron chi connectivity index (χ0n) is 14.9. The Morgan fingerprint density at radius 3 is 2.50 bits per heavy atom. The van der Waals surface area contributed by atoms with Gasteiger partial charge in [0, 0.05) is 31.2 Å². The van der Waals surface area contributed by atoms with Crippen molar-refractivity contribution in [2.75, 3.05) is 25.5 Å². The van der Waals surface area contributed by atoms with E-state index in [0.717, 1.165) is 25.9 Å². The van der Waals surface area contributed by atoms with Crippen LogP contribution in [0.3, 0.4) is 0 Å². The third kappa shape index (κ3) is 4.17. The molecule has 1 amide bonds. The summed E-state index contributed by atoms with van der Waals surface area (Å²) in [6.07, 6.45) is 5.12. The lowest BCUT2D eigenvalue weighted by molar-refractivity contribution is 0.0600. The van der Waals surface area contributed by atoms with Gasteiger partial charge >= 0.3 is 5.97 Å². The molecule has 0 bridgehead atoms. The average Bonchev–Trinajstić information content (AvgIpc) is 2.68. The molecule has 136 valence electrons. The summed E-state index contributed by atoms with van der Waals surface area (Å²) >= 11 is 0. The smallest absolute Gasteiger partial charge is 0.337 e. The van der Waals surface area contributed by atoms with E-state index < -0.39 is 5.97 Å². The van der Waals surface area contributed by atoms with Crippen LogP contribution in [0, 0.1) is 5.92 Å². The van der Waals surface area contributed by atoms with Crippen LogP contribution in [-0.4, -0.2) is 46.9 Å². The lowest BCUT2D eigenvalue weighted by Crippen LogP contribution is -2.38. The van der Waals surface area contributed by atoms with Gasteiger partial charge in [0.2, 0.25) is 5.95 Å². The summed E-state index contributed by atoms with van der Waals surface area (Å²) < 4.78 is 4.71. The molecule has 1 fully saturated rings. The van der Waals surface area contributed by atoms with E-state index in [2.05, 4.69) is 22.2 Å². The molecule has 0 atom stereocenters. The Morgan fingerprint density at radius 1 is 1.15 bits per heavy atom. The second-order valence-corrected chi connectivity index (χ2v) is 6.47. The van der Waals surface area contributed by atoms with Gasteiger partial charge in [-0.05, 0) is 37.0 Å². The highest BCUT2D eigenvalue weighted by Gasteiger charge is 2.21. The summed E-state index contributed by atoms with van der Waals surface area (Å²) in [5.41, 5.74) is 1.58. The number of methoxy groups -OCH3 is 1. The number of benzene rings is 1. The molecule has 2 heterocycles. The SMILES string of the molecule is COC(=O)c1cccc(Nc2ncc(C(=O)N3CCC(C)CC3)cn2)c1. The molecule has 0 saturated carbocycles. The monoisotopic (exact) mass is 354 g/mol. The molecule has 2 aromatic rings. The number of esters is 1. The summed E-state index contributed by atoms with van der Waals surface area (Å²) in [5.74, 6) is 0.584. The number of nitrogens with zero attached hydrogens (tertiary/aromatic N) is 3. The Kier molecular flexibility index (Phi) is 5.46. The number of nitrogens with one attached hydrogen (secondary N) is 1. The van der Waals surface area contributed by atoms with Gasteiger partial charge in [0.15, 0.2) is 0 Å². The van der Waals surface area contributed by atoms with Crippen LogP contribution in [0.5, 0.6) is 0 Å². The van der Waals surface area contributed by atoms with Crippen molar-refractivity contribution in [1.82, 2.24) is 14.9 Å². The molecule has 1 aromatic carbocycles. The minimum Gasteiger partial charge on any atom is -0.465 e.